The Hall–Kier alpha value is -1.26. The van der Waals surface area contributed by atoms with E-state index in [-0.39, 0.29) is 5.82 Å². The van der Waals surface area contributed by atoms with Crippen molar-refractivity contribution in [1.82, 2.24) is 10.3 Å². The minimum atomic E-state index is -0.139. The summed E-state index contributed by atoms with van der Waals surface area (Å²) in [6, 6.07) is 12.7. The van der Waals surface area contributed by atoms with E-state index in [0.717, 1.165) is 22.4 Å². The van der Waals surface area contributed by atoms with Crippen molar-refractivity contribution in [2.24, 2.45) is 0 Å². The standard InChI is InChI=1S/C14H14BrFN2/c15-14-7-3-5-12(18-14)10-17-9-8-11-4-1-2-6-13(11)16/h1-7,17H,8-10H2. The number of nitrogens with one attached hydrogen (secondary N) is 1. The Bertz CT molecular complexity index is 517. The predicted molar refractivity (Wildman–Crippen MR) is 73.7 cm³/mol. The number of pyridine rings is 1. The summed E-state index contributed by atoms with van der Waals surface area (Å²) in [5, 5.41) is 3.25. The largest absolute Gasteiger partial charge is 0.311 e. The lowest BCUT2D eigenvalue weighted by molar-refractivity contribution is 0.596. The molecule has 1 heterocycles. The first-order valence-corrected chi connectivity index (χ1v) is 6.60. The molecule has 0 saturated carbocycles. The molecule has 2 nitrogen and oxygen atoms in total. The van der Waals surface area contributed by atoms with Crippen LogP contribution in [0.25, 0.3) is 0 Å². The molecule has 0 unspecified atom stereocenters. The van der Waals surface area contributed by atoms with Gasteiger partial charge in [0.15, 0.2) is 0 Å². The van der Waals surface area contributed by atoms with Gasteiger partial charge in [-0.1, -0.05) is 24.3 Å². The van der Waals surface area contributed by atoms with Crippen molar-refractivity contribution in [3.8, 4) is 0 Å². The lowest BCUT2D eigenvalue weighted by atomic mass is 10.1. The number of nitrogens with zero attached hydrogens (tertiary/aromatic N) is 1. The summed E-state index contributed by atoms with van der Waals surface area (Å²) in [6.07, 6.45) is 0.681. The Labute approximate surface area is 114 Å². The molecule has 1 aromatic heterocycles. The highest BCUT2D eigenvalue weighted by Crippen LogP contribution is 2.07. The number of benzene rings is 1. The summed E-state index contributed by atoms with van der Waals surface area (Å²) in [7, 11) is 0. The number of halogens is 2. The Morgan fingerprint density at radius 2 is 1.94 bits per heavy atom. The molecule has 0 amide bonds. The maximum atomic E-state index is 13.3. The van der Waals surface area contributed by atoms with Gasteiger partial charge in [-0.3, -0.25) is 0 Å². The highest BCUT2D eigenvalue weighted by Gasteiger charge is 2.00. The molecular formula is C14H14BrFN2. The van der Waals surface area contributed by atoms with Crippen molar-refractivity contribution in [2.45, 2.75) is 13.0 Å². The highest BCUT2D eigenvalue weighted by atomic mass is 79.9. The lowest BCUT2D eigenvalue weighted by Crippen LogP contribution is -2.17. The minimum absolute atomic E-state index is 0.139. The highest BCUT2D eigenvalue weighted by molar-refractivity contribution is 9.10. The molecule has 4 heteroatoms. The number of aromatic nitrogens is 1. The molecular weight excluding hydrogens is 295 g/mol. The zero-order valence-electron chi connectivity index (χ0n) is 9.87. The molecule has 1 aromatic carbocycles. The van der Waals surface area contributed by atoms with E-state index in [9.17, 15) is 4.39 Å². The van der Waals surface area contributed by atoms with Gasteiger partial charge in [-0.15, -0.1) is 0 Å². The van der Waals surface area contributed by atoms with Gasteiger partial charge in [0.25, 0.3) is 0 Å². The number of rotatable bonds is 5. The van der Waals surface area contributed by atoms with Crippen LogP contribution < -0.4 is 5.32 Å². The van der Waals surface area contributed by atoms with E-state index < -0.39 is 0 Å². The second-order valence-electron chi connectivity index (χ2n) is 3.97. The van der Waals surface area contributed by atoms with Gasteiger partial charge in [0.2, 0.25) is 0 Å². The average Bonchev–Trinajstić information content (AvgIpc) is 2.37. The summed E-state index contributed by atoms with van der Waals surface area (Å²) in [5.41, 5.74) is 1.71. The Morgan fingerprint density at radius 3 is 2.72 bits per heavy atom. The van der Waals surface area contributed by atoms with E-state index in [1.54, 1.807) is 6.07 Å². The lowest BCUT2D eigenvalue weighted by Gasteiger charge is -2.05. The van der Waals surface area contributed by atoms with Gasteiger partial charge in [0.05, 0.1) is 5.69 Å². The van der Waals surface area contributed by atoms with E-state index in [2.05, 4.69) is 26.2 Å². The zero-order valence-corrected chi connectivity index (χ0v) is 11.5. The van der Waals surface area contributed by atoms with Crippen molar-refractivity contribution in [3.05, 3.63) is 64.1 Å². The summed E-state index contributed by atoms with van der Waals surface area (Å²) in [6.45, 7) is 1.42. The third-order valence-corrected chi connectivity index (χ3v) is 3.05. The smallest absolute Gasteiger partial charge is 0.126 e. The van der Waals surface area contributed by atoms with E-state index in [1.807, 2.05) is 30.3 Å². The summed E-state index contributed by atoms with van der Waals surface area (Å²) in [4.78, 5) is 4.32. The molecule has 1 N–H and O–H groups in total. The fraction of sp³-hybridized carbons (Fsp3) is 0.214. The van der Waals surface area contributed by atoms with Gasteiger partial charge < -0.3 is 5.32 Å². The second-order valence-corrected chi connectivity index (χ2v) is 4.78. The summed E-state index contributed by atoms with van der Waals surface area (Å²) < 4.78 is 14.2. The normalized spacial score (nSPS) is 10.6. The number of hydrogen-bond acceptors (Lipinski definition) is 2. The average molecular weight is 309 g/mol. The summed E-state index contributed by atoms with van der Waals surface area (Å²) in [5.74, 6) is -0.139. The van der Waals surface area contributed by atoms with Crippen LogP contribution in [0, 0.1) is 5.82 Å². The van der Waals surface area contributed by atoms with Gasteiger partial charge in [-0.2, -0.15) is 0 Å². The van der Waals surface area contributed by atoms with Crippen LogP contribution in [0.1, 0.15) is 11.3 Å². The second kappa shape index (κ2) is 6.61. The maximum Gasteiger partial charge on any atom is 0.126 e. The minimum Gasteiger partial charge on any atom is -0.311 e. The molecule has 2 aromatic rings. The van der Waals surface area contributed by atoms with Crippen LogP contribution in [0.2, 0.25) is 0 Å². The van der Waals surface area contributed by atoms with Crippen LogP contribution in [-0.2, 0) is 13.0 Å². The van der Waals surface area contributed by atoms with E-state index in [4.69, 9.17) is 0 Å². The Kier molecular flexibility index (Phi) is 4.84. The van der Waals surface area contributed by atoms with Crippen LogP contribution in [0.4, 0.5) is 4.39 Å². The molecule has 0 bridgehead atoms. The van der Waals surface area contributed by atoms with Gasteiger partial charge in [-0.05, 0) is 52.7 Å². The third-order valence-electron chi connectivity index (χ3n) is 2.61. The van der Waals surface area contributed by atoms with Crippen molar-refractivity contribution in [1.29, 1.82) is 0 Å². The predicted octanol–water partition coefficient (Wildman–Crippen LogP) is 3.32. The zero-order chi connectivity index (χ0) is 12.8. The van der Waals surface area contributed by atoms with Gasteiger partial charge in [0, 0.05) is 6.54 Å². The van der Waals surface area contributed by atoms with Crippen molar-refractivity contribution in [3.63, 3.8) is 0 Å². The van der Waals surface area contributed by atoms with Crippen LogP contribution in [-0.4, -0.2) is 11.5 Å². The fourth-order valence-corrected chi connectivity index (χ4v) is 2.07. The molecule has 0 fully saturated rings. The molecule has 0 aliphatic carbocycles. The van der Waals surface area contributed by atoms with E-state index in [1.165, 1.54) is 6.07 Å². The third kappa shape index (κ3) is 3.89. The molecule has 18 heavy (non-hydrogen) atoms. The van der Waals surface area contributed by atoms with Crippen molar-refractivity contribution < 1.29 is 4.39 Å². The molecule has 0 aliphatic rings. The van der Waals surface area contributed by atoms with Gasteiger partial charge in [0.1, 0.15) is 10.4 Å². The SMILES string of the molecule is Fc1ccccc1CCNCc1cccc(Br)n1. The molecule has 0 atom stereocenters. The quantitative estimate of drug-likeness (QED) is 0.677. The van der Waals surface area contributed by atoms with Gasteiger partial charge >= 0.3 is 0 Å². The maximum absolute atomic E-state index is 13.3. The van der Waals surface area contributed by atoms with Crippen LogP contribution in [0.5, 0.6) is 0 Å². The van der Waals surface area contributed by atoms with E-state index >= 15 is 0 Å². The van der Waals surface area contributed by atoms with Crippen molar-refractivity contribution in [2.75, 3.05) is 6.54 Å². The van der Waals surface area contributed by atoms with E-state index in [0.29, 0.717) is 13.0 Å². The molecule has 0 radical (unpaired) electrons. The van der Waals surface area contributed by atoms with Crippen LogP contribution >= 0.6 is 15.9 Å². The molecule has 2 rings (SSSR count). The molecule has 0 spiro atoms. The topological polar surface area (TPSA) is 24.9 Å². The molecule has 0 aliphatic heterocycles. The van der Waals surface area contributed by atoms with Crippen molar-refractivity contribution >= 4 is 15.9 Å². The first-order chi connectivity index (χ1) is 8.75. The Morgan fingerprint density at radius 1 is 1.11 bits per heavy atom. The summed E-state index contributed by atoms with van der Waals surface area (Å²) >= 11 is 3.33. The van der Waals surface area contributed by atoms with Gasteiger partial charge in [-0.25, -0.2) is 9.37 Å². The first kappa shape index (κ1) is 13.2. The Balaban J connectivity index is 1.78. The molecule has 94 valence electrons. The fourth-order valence-electron chi connectivity index (χ4n) is 1.69. The monoisotopic (exact) mass is 308 g/mol. The number of hydrogen-bond donors (Lipinski definition) is 1. The van der Waals surface area contributed by atoms with Crippen LogP contribution in [0.3, 0.4) is 0 Å². The first-order valence-electron chi connectivity index (χ1n) is 5.81. The van der Waals surface area contributed by atoms with Crippen LogP contribution in [0.15, 0.2) is 47.1 Å². The molecule has 0 saturated heterocycles.